The summed E-state index contributed by atoms with van der Waals surface area (Å²) in [5, 5.41) is 3.93. The molecule has 30 heavy (non-hydrogen) atoms. The number of nitrogens with one attached hydrogen (secondary N) is 1. The van der Waals surface area contributed by atoms with E-state index in [-0.39, 0.29) is 11.5 Å². The van der Waals surface area contributed by atoms with Gasteiger partial charge in [0.15, 0.2) is 0 Å². The molecule has 1 aliphatic rings. The lowest BCUT2D eigenvalue weighted by Crippen LogP contribution is -2.40. The number of fused-ring (bicyclic) bond motifs is 1. The first-order valence-electron chi connectivity index (χ1n) is 11.3. The van der Waals surface area contributed by atoms with E-state index in [0.717, 1.165) is 36.5 Å². The highest BCUT2D eigenvalue weighted by Crippen LogP contribution is 2.23. The van der Waals surface area contributed by atoms with Gasteiger partial charge in [-0.15, -0.1) is 0 Å². The molecule has 6 heteroatoms. The first-order chi connectivity index (χ1) is 14.6. The van der Waals surface area contributed by atoms with Crippen LogP contribution in [0.4, 0.5) is 0 Å². The topological polar surface area (TPSA) is 63.6 Å². The molecule has 3 rings (SSSR count). The van der Waals surface area contributed by atoms with Gasteiger partial charge in [-0.25, -0.2) is 0 Å². The van der Waals surface area contributed by atoms with Gasteiger partial charge < -0.3 is 19.5 Å². The van der Waals surface area contributed by atoms with Crippen molar-refractivity contribution < 1.29 is 9.53 Å². The van der Waals surface area contributed by atoms with Crippen molar-refractivity contribution in [1.82, 2.24) is 14.8 Å². The monoisotopic (exact) mass is 413 g/mol. The molecule has 1 aromatic carbocycles. The normalized spacial score (nSPS) is 17.2. The van der Waals surface area contributed by atoms with E-state index in [1.165, 1.54) is 38.3 Å². The molecule has 1 atom stereocenters. The smallest absolute Gasteiger partial charge is 0.254 e. The van der Waals surface area contributed by atoms with E-state index in [2.05, 4.69) is 17.1 Å². The molecule has 1 saturated heterocycles. The molecular formula is C24H35N3O3. The number of hydrogen-bond acceptors (Lipinski definition) is 4. The summed E-state index contributed by atoms with van der Waals surface area (Å²) in [4.78, 5) is 26.8. The minimum absolute atomic E-state index is 0.0677. The maximum Gasteiger partial charge on any atom is 0.254 e. The second kappa shape index (κ2) is 11.2. The number of rotatable bonds is 10. The van der Waals surface area contributed by atoms with Gasteiger partial charge in [0.1, 0.15) is 5.75 Å². The number of piperidine rings is 1. The number of nitrogens with zero attached hydrogens (tertiary/aromatic N) is 2. The fraction of sp³-hybridized carbons (Fsp3) is 0.583. The molecule has 6 nitrogen and oxygen atoms in total. The number of para-hydroxylation sites is 1. The minimum atomic E-state index is -0.0968. The largest absolute Gasteiger partial charge is 0.493 e. The van der Waals surface area contributed by atoms with Gasteiger partial charge in [0, 0.05) is 44.1 Å². The number of aryl methyl sites for hydroxylation is 1. The standard InChI is InChI=1S/C24H35N3O3/c1-3-19-10-6-7-15-27(19)16-9-14-25-23(28)13-8-17-30-22-18-24(29)26(2)21-12-5-4-11-20(21)22/h4-5,11-12,18-19H,3,6-10,13-17H2,1-2H3,(H,25,28)/t19-/m1/s1. The van der Waals surface area contributed by atoms with Gasteiger partial charge in [0.25, 0.3) is 5.56 Å². The van der Waals surface area contributed by atoms with Crippen molar-refractivity contribution in [3.05, 3.63) is 40.7 Å². The first-order valence-corrected chi connectivity index (χ1v) is 11.3. The average Bonchev–Trinajstić information content (AvgIpc) is 2.77. The van der Waals surface area contributed by atoms with Gasteiger partial charge in [-0.3, -0.25) is 9.59 Å². The predicted octanol–water partition coefficient (Wildman–Crippen LogP) is 3.47. The molecule has 0 radical (unpaired) electrons. The number of aromatic nitrogens is 1. The van der Waals surface area contributed by atoms with Crippen LogP contribution in [0.15, 0.2) is 35.1 Å². The number of carbonyl (C=O) groups excluding carboxylic acids is 1. The summed E-state index contributed by atoms with van der Waals surface area (Å²) in [5.74, 6) is 0.652. The molecular weight excluding hydrogens is 378 g/mol. The fourth-order valence-electron chi connectivity index (χ4n) is 4.33. The van der Waals surface area contributed by atoms with E-state index in [1.54, 1.807) is 11.6 Å². The quantitative estimate of drug-likeness (QED) is 0.606. The van der Waals surface area contributed by atoms with E-state index in [4.69, 9.17) is 4.74 Å². The fourth-order valence-corrected chi connectivity index (χ4v) is 4.33. The van der Waals surface area contributed by atoms with Crippen molar-refractivity contribution in [2.45, 2.75) is 57.9 Å². The van der Waals surface area contributed by atoms with Crippen LogP contribution in [0.25, 0.3) is 10.9 Å². The highest BCUT2D eigenvalue weighted by Gasteiger charge is 2.19. The van der Waals surface area contributed by atoms with Gasteiger partial charge in [-0.1, -0.05) is 25.5 Å². The Hall–Kier alpha value is -2.34. The number of carbonyl (C=O) groups is 1. The summed E-state index contributed by atoms with van der Waals surface area (Å²) in [6.45, 7) is 5.67. The third kappa shape index (κ3) is 5.85. The van der Waals surface area contributed by atoms with Gasteiger partial charge >= 0.3 is 0 Å². The number of ether oxygens (including phenoxy) is 1. The Bertz CT molecular complexity index is 893. The van der Waals surface area contributed by atoms with Crippen LogP contribution in [0.1, 0.15) is 51.9 Å². The second-order valence-electron chi connectivity index (χ2n) is 8.17. The third-order valence-electron chi connectivity index (χ3n) is 6.09. The van der Waals surface area contributed by atoms with Gasteiger partial charge in [0.05, 0.1) is 12.1 Å². The van der Waals surface area contributed by atoms with Crippen LogP contribution in [0.5, 0.6) is 5.75 Å². The Labute approximate surface area is 179 Å². The Morgan fingerprint density at radius 3 is 2.90 bits per heavy atom. The zero-order valence-electron chi connectivity index (χ0n) is 18.4. The highest BCUT2D eigenvalue weighted by atomic mass is 16.5. The van der Waals surface area contributed by atoms with Crippen LogP contribution >= 0.6 is 0 Å². The van der Waals surface area contributed by atoms with Crippen molar-refractivity contribution in [1.29, 1.82) is 0 Å². The van der Waals surface area contributed by atoms with Crippen LogP contribution < -0.4 is 15.6 Å². The van der Waals surface area contributed by atoms with Gasteiger partial charge in [0.2, 0.25) is 5.91 Å². The van der Waals surface area contributed by atoms with Crippen LogP contribution in [0, 0.1) is 0 Å². The summed E-state index contributed by atoms with van der Waals surface area (Å²) in [6.07, 6.45) is 7.23. The van der Waals surface area contributed by atoms with Gasteiger partial charge in [-0.2, -0.15) is 0 Å². The molecule has 1 aromatic heterocycles. The van der Waals surface area contributed by atoms with E-state index >= 15 is 0 Å². The highest BCUT2D eigenvalue weighted by molar-refractivity contribution is 5.85. The number of amides is 1. The molecule has 1 fully saturated rings. The van der Waals surface area contributed by atoms with Crippen LogP contribution in [0.3, 0.4) is 0 Å². The summed E-state index contributed by atoms with van der Waals surface area (Å²) in [5.41, 5.74) is 0.747. The van der Waals surface area contributed by atoms with Crippen molar-refractivity contribution >= 4 is 16.8 Å². The summed E-state index contributed by atoms with van der Waals surface area (Å²) < 4.78 is 7.45. The van der Waals surface area contributed by atoms with Crippen LogP contribution in [-0.2, 0) is 11.8 Å². The molecule has 0 bridgehead atoms. The summed E-state index contributed by atoms with van der Waals surface area (Å²) in [6, 6.07) is 9.93. The van der Waals surface area contributed by atoms with Crippen LogP contribution in [0.2, 0.25) is 0 Å². The first kappa shape index (κ1) is 22.3. The molecule has 0 unspecified atom stereocenters. The predicted molar refractivity (Wildman–Crippen MR) is 121 cm³/mol. The van der Waals surface area contributed by atoms with Crippen molar-refractivity contribution in [2.75, 3.05) is 26.2 Å². The van der Waals surface area contributed by atoms with Crippen molar-refractivity contribution in [3.63, 3.8) is 0 Å². The maximum atomic E-state index is 12.1. The van der Waals surface area contributed by atoms with Crippen molar-refractivity contribution in [2.24, 2.45) is 7.05 Å². The number of pyridine rings is 1. The SMILES string of the molecule is CC[C@@H]1CCCCN1CCCNC(=O)CCCOc1cc(=O)n(C)c2ccccc12. The zero-order chi connectivity index (χ0) is 21.3. The van der Waals surface area contributed by atoms with E-state index in [9.17, 15) is 9.59 Å². The molecule has 164 valence electrons. The molecule has 0 spiro atoms. The average molecular weight is 414 g/mol. The number of likely N-dealkylation sites (tertiary alicyclic amines) is 1. The lowest BCUT2D eigenvalue weighted by molar-refractivity contribution is -0.121. The Balaban J connectivity index is 1.36. The number of benzene rings is 1. The molecule has 1 N–H and O–H groups in total. The summed E-state index contributed by atoms with van der Waals surface area (Å²) in [7, 11) is 1.76. The van der Waals surface area contributed by atoms with E-state index < -0.39 is 0 Å². The zero-order valence-corrected chi connectivity index (χ0v) is 18.4. The molecule has 0 aliphatic carbocycles. The molecule has 2 aromatic rings. The Morgan fingerprint density at radius 1 is 1.23 bits per heavy atom. The lowest BCUT2D eigenvalue weighted by Gasteiger charge is -2.35. The van der Waals surface area contributed by atoms with Gasteiger partial charge in [-0.05, 0) is 50.8 Å². The molecule has 0 saturated carbocycles. The summed E-state index contributed by atoms with van der Waals surface area (Å²) >= 11 is 0. The van der Waals surface area contributed by atoms with Crippen LogP contribution in [-0.4, -0.2) is 47.7 Å². The molecule has 1 aliphatic heterocycles. The van der Waals surface area contributed by atoms with Crippen molar-refractivity contribution in [3.8, 4) is 5.75 Å². The molecule has 1 amide bonds. The molecule has 2 heterocycles. The third-order valence-corrected chi connectivity index (χ3v) is 6.09. The Morgan fingerprint density at radius 2 is 2.07 bits per heavy atom. The van der Waals surface area contributed by atoms with E-state index in [0.29, 0.717) is 25.2 Å². The lowest BCUT2D eigenvalue weighted by atomic mass is 10.00. The van der Waals surface area contributed by atoms with E-state index in [1.807, 2.05) is 24.3 Å². The number of hydrogen-bond donors (Lipinski definition) is 1. The second-order valence-corrected chi connectivity index (χ2v) is 8.17. The minimum Gasteiger partial charge on any atom is -0.493 e. The maximum absolute atomic E-state index is 12.1. The Kier molecular flexibility index (Phi) is 8.31.